The van der Waals surface area contributed by atoms with Crippen LogP contribution in [0.2, 0.25) is 5.02 Å². The Kier molecular flexibility index (Phi) is 6.45. The van der Waals surface area contributed by atoms with Crippen molar-refractivity contribution in [3.63, 3.8) is 0 Å². The Bertz CT molecular complexity index is 463. The van der Waals surface area contributed by atoms with Gasteiger partial charge in [-0.05, 0) is 25.0 Å². The molecule has 1 aromatic rings. The minimum absolute atomic E-state index is 0.102. The lowest BCUT2D eigenvalue weighted by atomic mass is 10.2. The first-order valence-electron chi connectivity index (χ1n) is 6.98. The lowest BCUT2D eigenvalue weighted by Crippen LogP contribution is -2.32. The van der Waals surface area contributed by atoms with Crippen LogP contribution in [0.1, 0.15) is 19.8 Å². The van der Waals surface area contributed by atoms with Crippen LogP contribution in [0.4, 0.5) is 5.69 Å². The van der Waals surface area contributed by atoms with E-state index in [-0.39, 0.29) is 25.5 Å². The molecule has 0 radical (unpaired) electrons. The average molecular weight is 314 g/mol. The molecule has 1 aliphatic heterocycles. The Hall–Kier alpha value is -1.14. The number of benzene rings is 1. The number of rotatable bonds is 7. The SMILES string of the molecule is CC(=O)N(COCOCC1CCCO1)c1ccccc1Cl. The molecule has 0 N–H and O–H groups in total. The van der Waals surface area contributed by atoms with Crippen molar-refractivity contribution in [1.82, 2.24) is 0 Å². The van der Waals surface area contributed by atoms with Crippen LogP contribution in [0.5, 0.6) is 0 Å². The molecule has 0 aromatic heterocycles. The Morgan fingerprint density at radius 1 is 1.43 bits per heavy atom. The third kappa shape index (κ3) is 4.97. The number of hydrogen-bond acceptors (Lipinski definition) is 4. The molecule has 116 valence electrons. The molecular weight excluding hydrogens is 294 g/mol. The monoisotopic (exact) mass is 313 g/mol. The van der Waals surface area contributed by atoms with Gasteiger partial charge in [0.2, 0.25) is 5.91 Å². The second-order valence-corrected chi connectivity index (χ2v) is 5.26. The quantitative estimate of drug-likeness (QED) is 0.574. The highest BCUT2D eigenvalue weighted by Crippen LogP contribution is 2.25. The van der Waals surface area contributed by atoms with Gasteiger partial charge in [-0.15, -0.1) is 0 Å². The van der Waals surface area contributed by atoms with Crippen LogP contribution in [0.15, 0.2) is 24.3 Å². The first kappa shape index (κ1) is 16.2. The summed E-state index contributed by atoms with van der Waals surface area (Å²) in [5.74, 6) is -0.137. The van der Waals surface area contributed by atoms with E-state index in [0.717, 1.165) is 19.4 Å². The molecule has 1 fully saturated rings. The minimum atomic E-state index is -0.137. The highest BCUT2D eigenvalue weighted by Gasteiger charge is 2.16. The molecule has 5 nitrogen and oxygen atoms in total. The Balaban J connectivity index is 1.75. The van der Waals surface area contributed by atoms with Gasteiger partial charge in [-0.1, -0.05) is 23.7 Å². The zero-order valence-electron chi connectivity index (χ0n) is 12.1. The van der Waals surface area contributed by atoms with E-state index in [4.69, 9.17) is 25.8 Å². The maximum atomic E-state index is 11.7. The number of anilines is 1. The van der Waals surface area contributed by atoms with Crippen molar-refractivity contribution >= 4 is 23.2 Å². The molecule has 0 bridgehead atoms. The molecule has 1 unspecified atom stereocenters. The first-order valence-corrected chi connectivity index (χ1v) is 7.36. The summed E-state index contributed by atoms with van der Waals surface area (Å²) in [6, 6.07) is 7.15. The number of halogens is 1. The summed E-state index contributed by atoms with van der Waals surface area (Å²) in [4.78, 5) is 13.2. The fraction of sp³-hybridized carbons (Fsp3) is 0.533. The summed E-state index contributed by atoms with van der Waals surface area (Å²) in [6.07, 6.45) is 2.28. The van der Waals surface area contributed by atoms with Gasteiger partial charge in [0.05, 0.1) is 23.4 Å². The van der Waals surface area contributed by atoms with Crippen LogP contribution >= 0.6 is 11.6 Å². The standard InChI is InChI=1S/C15H20ClNO4/c1-12(18)17(15-7-3-2-6-14(15)16)10-20-11-19-9-13-5-4-8-21-13/h2-3,6-7,13H,4-5,8-11H2,1H3. The van der Waals surface area contributed by atoms with Crippen molar-refractivity contribution in [1.29, 1.82) is 0 Å². The number of nitrogens with zero attached hydrogens (tertiary/aromatic N) is 1. The van der Waals surface area contributed by atoms with Gasteiger partial charge >= 0.3 is 0 Å². The molecule has 21 heavy (non-hydrogen) atoms. The van der Waals surface area contributed by atoms with Gasteiger partial charge in [0.25, 0.3) is 0 Å². The van der Waals surface area contributed by atoms with Gasteiger partial charge in [0.1, 0.15) is 13.5 Å². The van der Waals surface area contributed by atoms with Crippen molar-refractivity contribution in [2.75, 3.05) is 31.6 Å². The number of ether oxygens (including phenoxy) is 3. The Morgan fingerprint density at radius 2 is 2.24 bits per heavy atom. The third-order valence-corrected chi connectivity index (χ3v) is 3.56. The normalized spacial score (nSPS) is 17.9. The van der Waals surface area contributed by atoms with Crippen molar-refractivity contribution < 1.29 is 19.0 Å². The fourth-order valence-electron chi connectivity index (χ4n) is 2.14. The largest absolute Gasteiger partial charge is 0.376 e. The zero-order valence-corrected chi connectivity index (χ0v) is 12.8. The number of amides is 1. The summed E-state index contributed by atoms with van der Waals surface area (Å²) < 4.78 is 16.2. The van der Waals surface area contributed by atoms with Crippen LogP contribution in [-0.2, 0) is 19.0 Å². The molecule has 2 rings (SSSR count). The third-order valence-electron chi connectivity index (χ3n) is 3.24. The summed E-state index contributed by atoms with van der Waals surface area (Å²) in [5, 5.41) is 0.511. The molecule has 1 heterocycles. The number of para-hydroxylation sites is 1. The van der Waals surface area contributed by atoms with Crippen LogP contribution in [-0.4, -0.2) is 38.7 Å². The predicted octanol–water partition coefficient (Wildman–Crippen LogP) is 2.82. The molecule has 1 atom stereocenters. The molecule has 6 heteroatoms. The number of hydrogen-bond donors (Lipinski definition) is 0. The number of carbonyl (C=O) groups excluding carboxylic acids is 1. The van der Waals surface area contributed by atoms with Gasteiger partial charge in [0, 0.05) is 13.5 Å². The molecule has 0 spiro atoms. The highest BCUT2D eigenvalue weighted by molar-refractivity contribution is 6.33. The molecular formula is C15H20ClNO4. The lowest BCUT2D eigenvalue weighted by Gasteiger charge is -2.22. The van der Waals surface area contributed by atoms with Crippen LogP contribution in [0.3, 0.4) is 0 Å². The maximum Gasteiger partial charge on any atom is 0.225 e. The van der Waals surface area contributed by atoms with E-state index in [0.29, 0.717) is 17.3 Å². The van der Waals surface area contributed by atoms with Crippen LogP contribution in [0, 0.1) is 0 Å². The molecule has 0 saturated carbocycles. The summed E-state index contributed by atoms with van der Waals surface area (Å²) in [6.45, 7) is 3.02. The molecule has 1 saturated heterocycles. The van der Waals surface area contributed by atoms with Gasteiger partial charge < -0.3 is 14.2 Å². The molecule has 1 aliphatic rings. The van der Waals surface area contributed by atoms with E-state index < -0.39 is 0 Å². The highest BCUT2D eigenvalue weighted by atomic mass is 35.5. The smallest absolute Gasteiger partial charge is 0.225 e. The molecule has 1 amide bonds. The lowest BCUT2D eigenvalue weighted by molar-refractivity contribution is -0.120. The fourth-order valence-corrected chi connectivity index (χ4v) is 2.38. The Labute approximate surface area is 129 Å². The maximum absolute atomic E-state index is 11.7. The van der Waals surface area contributed by atoms with Crippen molar-refractivity contribution in [3.8, 4) is 0 Å². The van der Waals surface area contributed by atoms with Crippen LogP contribution in [0.25, 0.3) is 0 Å². The van der Waals surface area contributed by atoms with E-state index >= 15 is 0 Å². The van der Waals surface area contributed by atoms with Gasteiger partial charge in [0.15, 0.2) is 0 Å². The van der Waals surface area contributed by atoms with Gasteiger partial charge in [-0.3, -0.25) is 9.69 Å². The predicted molar refractivity (Wildman–Crippen MR) is 80.4 cm³/mol. The summed E-state index contributed by atoms with van der Waals surface area (Å²) in [5.41, 5.74) is 0.630. The average Bonchev–Trinajstić information content (AvgIpc) is 2.97. The van der Waals surface area contributed by atoms with E-state index in [1.54, 1.807) is 12.1 Å². The van der Waals surface area contributed by atoms with Crippen molar-refractivity contribution in [2.45, 2.75) is 25.9 Å². The van der Waals surface area contributed by atoms with Crippen molar-refractivity contribution in [3.05, 3.63) is 29.3 Å². The first-order chi connectivity index (χ1) is 10.2. The van der Waals surface area contributed by atoms with E-state index in [1.165, 1.54) is 11.8 Å². The zero-order chi connectivity index (χ0) is 15.1. The summed E-state index contributed by atoms with van der Waals surface area (Å²) >= 11 is 6.09. The van der Waals surface area contributed by atoms with E-state index in [9.17, 15) is 4.79 Å². The van der Waals surface area contributed by atoms with Crippen molar-refractivity contribution in [2.24, 2.45) is 0 Å². The Morgan fingerprint density at radius 3 is 2.90 bits per heavy atom. The molecule has 0 aliphatic carbocycles. The second-order valence-electron chi connectivity index (χ2n) is 4.86. The van der Waals surface area contributed by atoms with E-state index in [2.05, 4.69) is 0 Å². The van der Waals surface area contributed by atoms with E-state index in [1.807, 2.05) is 12.1 Å². The number of carbonyl (C=O) groups is 1. The second kappa shape index (κ2) is 8.34. The molecule has 1 aromatic carbocycles. The van der Waals surface area contributed by atoms with Gasteiger partial charge in [-0.25, -0.2) is 0 Å². The van der Waals surface area contributed by atoms with Crippen LogP contribution < -0.4 is 4.90 Å². The topological polar surface area (TPSA) is 48.0 Å². The van der Waals surface area contributed by atoms with Gasteiger partial charge in [-0.2, -0.15) is 0 Å². The summed E-state index contributed by atoms with van der Waals surface area (Å²) in [7, 11) is 0. The minimum Gasteiger partial charge on any atom is -0.376 e.